The molecule has 0 saturated heterocycles. The number of hydrogen-bond acceptors (Lipinski definition) is 1. The number of rotatable bonds is 1. The molecule has 1 aromatic rings. The van der Waals surface area contributed by atoms with Gasteiger partial charge >= 0.3 is 0 Å². The first kappa shape index (κ1) is 6.36. The van der Waals surface area contributed by atoms with Crippen molar-refractivity contribution in [1.29, 1.82) is 0 Å². The Kier molecular flexibility index (Phi) is 1.58. The zero-order valence-corrected chi connectivity index (χ0v) is 5.89. The van der Waals surface area contributed by atoms with E-state index in [1.165, 1.54) is 0 Å². The van der Waals surface area contributed by atoms with Crippen molar-refractivity contribution in [3.63, 3.8) is 0 Å². The molecule has 0 radical (unpaired) electrons. The largest absolute Gasteiger partial charge is 0.256 e. The smallest absolute Gasteiger partial charge is 0.127 e. The quantitative estimate of drug-likeness (QED) is 0.584. The third-order valence-electron chi connectivity index (χ3n) is 1.05. The Hall–Kier alpha value is -0.760. The maximum absolute atomic E-state index is 5.66. The Morgan fingerprint density at radius 3 is 2.78 bits per heavy atom. The minimum absolute atomic E-state index is 0.630. The van der Waals surface area contributed by atoms with Gasteiger partial charge in [-0.1, -0.05) is 18.2 Å². The van der Waals surface area contributed by atoms with Crippen molar-refractivity contribution in [3.8, 4) is 0 Å². The molecule has 0 aliphatic carbocycles. The van der Waals surface area contributed by atoms with E-state index in [4.69, 9.17) is 11.6 Å². The predicted octanol–water partition coefficient (Wildman–Crippen LogP) is 1.72. The van der Waals surface area contributed by atoms with E-state index >= 15 is 0 Å². The van der Waals surface area contributed by atoms with Crippen LogP contribution in [-0.2, 0) is 7.05 Å². The van der Waals surface area contributed by atoms with Crippen LogP contribution in [0.1, 0.15) is 5.69 Å². The molecule has 0 bridgehead atoms. The van der Waals surface area contributed by atoms with E-state index in [-0.39, 0.29) is 0 Å². The molecule has 0 spiro atoms. The zero-order valence-electron chi connectivity index (χ0n) is 5.13. The molecule has 1 rings (SSSR count). The standard InChI is InChI=1S/C6H7ClN2/c1-3-5-4-6(7)9(2)8-5/h3-4H,1H2,2H3. The maximum Gasteiger partial charge on any atom is 0.127 e. The van der Waals surface area contributed by atoms with Gasteiger partial charge in [0.2, 0.25) is 0 Å². The third-order valence-corrected chi connectivity index (χ3v) is 1.40. The van der Waals surface area contributed by atoms with E-state index in [0.29, 0.717) is 5.15 Å². The first-order valence-corrected chi connectivity index (χ1v) is 2.94. The molecule has 0 N–H and O–H groups in total. The number of hydrogen-bond donors (Lipinski definition) is 0. The Balaban J connectivity index is 3.11. The summed E-state index contributed by atoms with van der Waals surface area (Å²) in [5.41, 5.74) is 0.808. The fraction of sp³-hybridized carbons (Fsp3) is 0.167. The van der Waals surface area contributed by atoms with Gasteiger partial charge in [-0.05, 0) is 6.08 Å². The molecule has 3 heteroatoms. The molecule has 48 valence electrons. The molecular weight excluding hydrogens is 136 g/mol. The fourth-order valence-corrected chi connectivity index (χ4v) is 0.715. The Morgan fingerprint density at radius 2 is 2.56 bits per heavy atom. The van der Waals surface area contributed by atoms with Crippen LogP contribution in [0, 0.1) is 0 Å². The molecule has 1 heterocycles. The molecule has 0 aliphatic rings. The second-order valence-electron chi connectivity index (χ2n) is 1.72. The van der Waals surface area contributed by atoms with Gasteiger partial charge in [0.25, 0.3) is 0 Å². The summed E-state index contributed by atoms with van der Waals surface area (Å²) >= 11 is 5.66. The molecule has 0 saturated carbocycles. The van der Waals surface area contributed by atoms with Crippen molar-refractivity contribution in [1.82, 2.24) is 9.78 Å². The monoisotopic (exact) mass is 142 g/mol. The minimum atomic E-state index is 0.630. The SMILES string of the molecule is C=Cc1cc(Cl)n(C)n1. The van der Waals surface area contributed by atoms with Crippen molar-refractivity contribution in [2.45, 2.75) is 0 Å². The average Bonchev–Trinajstić information content (AvgIpc) is 2.13. The van der Waals surface area contributed by atoms with Gasteiger partial charge in [-0.2, -0.15) is 5.10 Å². The van der Waals surface area contributed by atoms with Crippen LogP contribution in [0.3, 0.4) is 0 Å². The van der Waals surface area contributed by atoms with Crippen LogP contribution >= 0.6 is 11.6 Å². The van der Waals surface area contributed by atoms with E-state index in [1.807, 2.05) is 0 Å². The normalized spacial score (nSPS) is 9.56. The summed E-state index contributed by atoms with van der Waals surface area (Å²) < 4.78 is 1.60. The highest BCUT2D eigenvalue weighted by atomic mass is 35.5. The van der Waals surface area contributed by atoms with Crippen molar-refractivity contribution < 1.29 is 0 Å². The number of halogens is 1. The lowest BCUT2D eigenvalue weighted by atomic mass is 10.4. The average molecular weight is 143 g/mol. The lowest BCUT2D eigenvalue weighted by molar-refractivity contribution is 0.765. The number of aromatic nitrogens is 2. The van der Waals surface area contributed by atoms with Crippen molar-refractivity contribution in [2.75, 3.05) is 0 Å². The summed E-state index contributed by atoms with van der Waals surface area (Å²) in [5.74, 6) is 0. The maximum atomic E-state index is 5.66. The van der Waals surface area contributed by atoms with Crippen LogP contribution in [0.25, 0.3) is 6.08 Å². The molecule has 0 aromatic carbocycles. The highest BCUT2D eigenvalue weighted by Crippen LogP contribution is 2.08. The summed E-state index contributed by atoms with van der Waals surface area (Å²) in [5, 5.41) is 4.62. The van der Waals surface area contributed by atoms with Crippen LogP contribution in [0.2, 0.25) is 5.15 Å². The van der Waals surface area contributed by atoms with Crippen LogP contribution < -0.4 is 0 Å². The molecular formula is C6H7ClN2. The van der Waals surface area contributed by atoms with Crippen LogP contribution in [0.15, 0.2) is 12.6 Å². The van der Waals surface area contributed by atoms with E-state index in [2.05, 4.69) is 11.7 Å². The van der Waals surface area contributed by atoms with Crippen LogP contribution in [-0.4, -0.2) is 9.78 Å². The summed E-state index contributed by atoms with van der Waals surface area (Å²) in [6.45, 7) is 3.55. The summed E-state index contributed by atoms with van der Waals surface area (Å²) in [6, 6.07) is 1.76. The Morgan fingerprint density at radius 1 is 1.89 bits per heavy atom. The van der Waals surface area contributed by atoms with Crippen LogP contribution in [0.4, 0.5) is 0 Å². The molecule has 1 aromatic heterocycles. The highest BCUT2D eigenvalue weighted by Gasteiger charge is 1.95. The summed E-state index contributed by atoms with van der Waals surface area (Å²) in [6.07, 6.45) is 1.66. The van der Waals surface area contributed by atoms with Gasteiger partial charge in [-0.25, -0.2) is 0 Å². The lowest BCUT2D eigenvalue weighted by Crippen LogP contribution is -1.88. The first-order chi connectivity index (χ1) is 4.24. The lowest BCUT2D eigenvalue weighted by Gasteiger charge is -1.85. The molecule has 2 nitrogen and oxygen atoms in total. The number of nitrogens with zero attached hydrogens (tertiary/aromatic N) is 2. The Bertz CT molecular complexity index is 207. The van der Waals surface area contributed by atoms with E-state index in [0.717, 1.165) is 5.69 Å². The van der Waals surface area contributed by atoms with Crippen molar-refractivity contribution in [3.05, 3.63) is 23.5 Å². The Labute approximate surface area is 58.7 Å². The second-order valence-corrected chi connectivity index (χ2v) is 2.11. The molecule has 9 heavy (non-hydrogen) atoms. The molecule has 0 unspecified atom stereocenters. The van der Waals surface area contributed by atoms with Crippen LogP contribution in [0.5, 0.6) is 0 Å². The second kappa shape index (κ2) is 2.23. The van der Waals surface area contributed by atoms with Gasteiger partial charge in [0.1, 0.15) is 5.15 Å². The van der Waals surface area contributed by atoms with E-state index < -0.39 is 0 Å². The predicted molar refractivity (Wildman–Crippen MR) is 38.3 cm³/mol. The van der Waals surface area contributed by atoms with Gasteiger partial charge in [0, 0.05) is 13.1 Å². The molecule has 0 aliphatic heterocycles. The molecule has 0 amide bonds. The van der Waals surface area contributed by atoms with Gasteiger partial charge in [-0.3, -0.25) is 4.68 Å². The number of aryl methyl sites for hydroxylation is 1. The van der Waals surface area contributed by atoms with E-state index in [1.54, 1.807) is 23.9 Å². The van der Waals surface area contributed by atoms with E-state index in [9.17, 15) is 0 Å². The molecule has 0 fully saturated rings. The highest BCUT2D eigenvalue weighted by molar-refractivity contribution is 6.29. The first-order valence-electron chi connectivity index (χ1n) is 2.56. The minimum Gasteiger partial charge on any atom is -0.256 e. The van der Waals surface area contributed by atoms with Gasteiger partial charge < -0.3 is 0 Å². The van der Waals surface area contributed by atoms with Crippen molar-refractivity contribution >= 4 is 17.7 Å². The van der Waals surface area contributed by atoms with Crippen molar-refractivity contribution in [2.24, 2.45) is 7.05 Å². The topological polar surface area (TPSA) is 17.8 Å². The summed E-state index contributed by atoms with van der Waals surface area (Å²) in [4.78, 5) is 0. The van der Waals surface area contributed by atoms with Gasteiger partial charge in [0.05, 0.1) is 5.69 Å². The summed E-state index contributed by atoms with van der Waals surface area (Å²) in [7, 11) is 1.79. The fourth-order valence-electron chi connectivity index (χ4n) is 0.565. The zero-order chi connectivity index (χ0) is 6.85. The van der Waals surface area contributed by atoms with Gasteiger partial charge in [-0.15, -0.1) is 0 Å². The molecule has 0 atom stereocenters. The van der Waals surface area contributed by atoms with Gasteiger partial charge in [0.15, 0.2) is 0 Å². The third kappa shape index (κ3) is 1.13.